The van der Waals surface area contributed by atoms with Gasteiger partial charge in [-0.25, -0.2) is 13.1 Å². The van der Waals surface area contributed by atoms with E-state index in [0.29, 0.717) is 25.3 Å². The molecule has 0 aliphatic heterocycles. The number of carbonyl (C=O) groups excluding carboxylic acids is 1. The SMILES string of the molecule is CCOc1ccc(S(=O)(=O)NCC(=O)NCCc2ccc(OC)cc2)cc1. The smallest absolute Gasteiger partial charge is 0.241 e. The minimum atomic E-state index is -3.75. The highest BCUT2D eigenvalue weighted by Gasteiger charge is 2.15. The Morgan fingerprint density at radius 2 is 1.63 bits per heavy atom. The van der Waals surface area contributed by atoms with Crippen LogP contribution in [0.15, 0.2) is 53.4 Å². The second-order valence-corrected chi connectivity index (χ2v) is 7.44. The molecule has 0 saturated heterocycles. The third-order valence-corrected chi connectivity index (χ3v) is 5.18. The van der Waals surface area contributed by atoms with Gasteiger partial charge in [-0.15, -0.1) is 0 Å². The predicted molar refractivity (Wildman–Crippen MR) is 103 cm³/mol. The monoisotopic (exact) mass is 392 g/mol. The van der Waals surface area contributed by atoms with Crippen molar-refractivity contribution >= 4 is 15.9 Å². The number of hydrogen-bond acceptors (Lipinski definition) is 5. The average Bonchev–Trinajstić information content (AvgIpc) is 2.68. The van der Waals surface area contributed by atoms with E-state index >= 15 is 0 Å². The Morgan fingerprint density at radius 3 is 2.22 bits per heavy atom. The Morgan fingerprint density at radius 1 is 1.00 bits per heavy atom. The molecule has 1 amide bonds. The van der Waals surface area contributed by atoms with E-state index in [0.717, 1.165) is 11.3 Å². The number of methoxy groups -OCH3 is 1. The van der Waals surface area contributed by atoms with Crippen LogP contribution in [0.5, 0.6) is 11.5 Å². The topological polar surface area (TPSA) is 93.7 Å². The molecule has 0 aliphatic rings. The van der Waals surface area contributed by atoms with Crippen molar-refractivity contribution in [1.82, 2.24) is 10.0 Å². The van der Waals surface area contributed by atoms with Crippen LogP contribution in [0.4, 0.5) is 0 Å². The minimum Gasteiger partial charge on any atom is -0.497 e. The molecule has 146 valence electrons. The Balaban J connectivity index is 1.77. The number of sulfonamides is 1. The maximum absolute atomic E-state index is 12.2. The molecule has 0 bridgehead atoms. The largest absolute Gasteiger partial charge is 0.497 e. The van der Waals surface area contributed by atoms with Gasteiger partial charge in [-0.05, 0) is 55.3 Å². The number of carbonyl (C=O) groups is 1. The lowest BCUT2D eigenvalue weighted by molar-refractivity contribution is -0.119. The molecule has 0 fully saturated rings. The van der Waals surface area contributed by atoms with Crippen molar-refractivity contribution in [3.05, 3.63) is 54.1 Å². The summed E-state index contributed by atoms with van der Waals surface area (Å²) in [5, 5.41) is 2.69. The summed E-state index contributed by atoms with van der Waals surface area (Å²) in [4.78, 5) is 12.0. The summed E-state index contributed by atoms with van der Waals surface area (Å²) in [5.74, 6) is 0.970. The Labute approximate surface area is 159 Å². The van der Waals surface area contributed by atoms with E-state index in [1.165, 1.54) is 12.1 Å². The molecule has 27 heavy (non-hydrogen) atoms. The van der Waals surface area contributed by atoms with Gasteiger partial charge in [0.25, 0.3) is 0 Å². The zero-order chi connectivity index (χ0) is 19.7. The van der Waals surface area contributed by atoms with Gasteiger partial charge in [-0.3, -0.25) is 4.79 Å². The normalized spacial score (nSPS) is 11.0. The summed E-state index contributed by atoms with van der Waals surface area (Å²) >= 11 is 0. The van der Waals surface area contributed by atoms with Gasteiger partial charge in [0.1, 0.15) is 11.5 Å². The lowest BCUT2D eigenvalue weighted by Crippen LogP contribution is -2.37. The van der Waals surface area contributed by atoms with Gasteiger partial charge in [0.2, 0.25) is 15.9 Å². The van der Waals surface area contributed by atoms with Gasteiger partial charge < -0.3 is 14.8 Å². The lowest BCUT2D eigenvalue weighted by Gasteiger charge is -2.09. The molecule has 0 atom stereocenters. The maximum Gasteiger partial charge on any atom is 0.241 e. The summed E-state index contributed by atoms with van der Waals surface area (Å²) in [6, 6.07) is 13.6. The molecular formula is C19H24N2O5S. The number of ether oxygens (including phenoxy) is 2. The predicted octanol–water partition coefficient (Wildman–Crippen LogP) is 1.73. The first-order valence-electron chi connectivity index (χ1n) is 8.56. The Kier molecular flexibility index (Phi) is 7.63. The van der Waals surface area contributed by atoms with Gasteiger partial charge in [0.15, 0.2) is 0 Å². The summed E-state index contributed by atoms with van der Waals surface area (Å²) in [5.41, 5.74) is 1.05. The fraction of sp³-hybridized carbons (Fsp3) is 0.316. The summed E-state index contributed by atoms with van der Waals surface area (Å²) in [6.07, 6.45) is 0.640. The van der Waals surface area contributed by atoms with Gasteiger partial charge >= 0.3 is 0 Å². The third kappa shape index (κ3) is 6.58. The second kappa shape index (κ2) is 9.94. The minimum absolute atomic E-state index is 0.0805. The van der Waals surface area contributed by atoms with E-state index in [2.05, 4.69) is 10.0 Å². The molecule has 2 aromatic rings. The van der Waals surface area contributed by atoms with Gasteiger partial charge in [0, 0.05) is 6.54 Å². The average molecular weight is 392 g/mol. The molecule has 0 spiro atoms. The molecule has 0 aromatic heterocycles. The number of amides is 1. The molecule has 0 heterocycles. The van der Waals surface area contributed by atoms with Crippen molar-refractivity contribution < 1.29 is 22.7 Å². The van der Waals surface area contributed by atoms with Gasteiger partial charge in [-0.2, -0.15) is 0 Å². The first-order chi connectivity index (χ1) is 12.9. The molecule has 0 radical (unpaired) electrons. The number of nitrogens with one attached hydrogen (secondary N) is 2. The van der Waals surface area contributed by atoms with Crippen LogP contribution in [-0.4, -0.2) is 41.1 Å². The highest BCUT2D eigenvalue weighted by atomic mass is 32.2. The first-order valence-corrected chi connectivity index (χ1v) is 10.0. The second-order valence-electron chi connectivity index (χ2n) is 5.68. The van der Waals surface area contributed by atoms with E-state index in [4.69, 9.17) is 9.47 Å². The molecule has 2 N–H and O–H groups in total. The van der Waals surface area contributed by atoms with Crippen molar-refractivity contribution in [3.8, 4) is 11.5 Å². The van der Waals surface area contributed by atoms with Crippen LogP contribution in [0.25, 0.3) is 0 Å². The Hall–Kier alpha value is -2.58. The third-order valence-electron chi connectivity index (χ3n) is 3.76. The van der Waals surface area contributed by atoms with Crippen LogP contribution in [-0.2, 0) is 21.2 Å². The zero-order valence-electron chi connectivity index (χ0n) is 15.4. The summed E-state index contributed by atoms with van der Waals surface area (Å²) < 4.78 is 37.1. The molecule has 0 aliphatic carbocycles. The molecule has 0 unspecified atom stereocenters. The highest BCUT2D eigenvalue weighted by Crippen LogP contribution is 2.15. The van der Waals surface area contributed by atoms with Crippen molar-refractivity contribution in [2.75, 3.05) is 26.8 Å². The van der Waals surface area contributed by atoms with E-state index in [1.807, 2.05) is 31.2 Å². The van der Waals surface area contributed by atoms with Crippen LogP contribution >= 0.6 is 0 Å². The van der Waals surface area contributed by atoms with Crippen LogP contribution in [0.3, 0.4) is 0 Å². The van der Waals surface area contributed by atoms with Crippen molar-refractivity contribution in [1.29, 1.82) is 0 Å². The van der Waals surface area contributed by atoms with E-state index < -0.39 is 15.9 Å². The zero-order valence-corrected chi connectivity index (χ0v) is 16.2. The molecule has 8 heteroatoms. The fourth-order valence-corrected chi connectivity index (χ4v) is 3.31. The molecular weight excluding hydrogens is 368 g/mol. The van der Waals surface area contributed by atoms with Crippen LogP contribution in [0, 0.1) is 0 Å². The van der Waals surface area contributed by atoms with Crippen molar-refractivity contribution in [2.24, 2.45) is 0 Å². The van der Waals surface area contributed by atoms with E-state index in [9.17, 15) is 13.2 Å². The quantitative estimate of drug-likeness (QED) is 0.642. The number of rotatable bonds is 10. The van der Waals surface area contributed by atoms with Crippen LogP contribution < -0.4 is 19.5 Å². The van der Waals surface area contributed by atoms with Gasteiger partial charge in [-0.1, -0.05) is 12.1 Å². The first kappa shape index (κ1) is 20.7. The molecule has 2 rings (SSSR count). The standard InChI is InChI=1S/C19H24N2O5S/c1-3-26-17-8-10-18(11-9-17)27(23,24)21-14-19(22)20-13-12-15-4-6-16(25-2)7-5-15/h4-11,21H,3,12-14H2,1-2H3,(H,20,22). The molecule has 2 aromatic carbocycles. The van der Waals surface area contributed by atoms with Gasteiger partial charge in [0.05, 0.1) is 25.2 Å². The van der Waals surface area contributed by atoms with E-state index in [-0.39, 0.29) is 11.4 Å². The van der Waals surface area contributed by atoms with E-state index in [1.54, 1.807) is 19.2 Å². The lowest BCUT2D eigenvalue weighted by atomic mass is 10.1. The van der Waals surface area contributed by atoms with Crippen LogP contribution in [0.1, 0.15) is 12.5 Å². The Bertz CT molecular complexity index is 833. The summed E-state index contributed by atoms with van der Waals surface area (Å²) in [6.45, 7) is 2.44. The fourth-order valence-electron chi connectivity index (χ4n) is 2.33. The maximum atomic E-state index is 12.2. The molecule has 7 nitrogen and oxygen atoms in total. The summed E-state index contributed by atoms with van der Waals surface area (Å²) in [7, 11) is -2.15. The van der Waals surface area contributed by atoms with Crippen molar-refractivity contribution in [2.45, 2.75) is 18.2 Å². The number of benzene rings is 2. The highest BCUT2D eigenvalue weighted by molar-refractivity contribution is 7.89. The van der Waals surface area contributed by atoms with Crippen LogP contribution in [0.2, 0.25) is 0 Å². The number of hydrogen-bond donors (Lipinski definition) is 2. The van der Waals surface area contributed by atoms with Crippen molar-refractivity contribution in [3.63, 3.8) is 0 Å². The molecule has 0 saturated carbocycles.